The van der Waals surface area contributed by atoms with Crippen LogP contribution in [0.3, 0.4) is 0 Å². The van der Waals surface area contributed by atoms with Crippen molar-refractivity contribution in [1.82, 2.24) is 14.4 Å². The molecule has 1 saturated heterocycles. The lowest BCUT2D eigenvalue weighted by atomic mass is 9.82. The van der Waals surface area contributed by atoms with E-state index in [2.05, 4.69) is 23.1 Å². The lowest BCUT2D eigenvalue weighted by molar-refractivity contribution is -0.131. The Kier molecular flexibility index (Phi) is 5.83. The molecule has 2 aliphatic rings. The monoisotopic (exact) mass is 411 g/mol. The molecule has 0 saturated carbocycles. The highest BCUT2D eigenvalue weighted by molar-refractivity contribution is 7.99. The zero-order chi connectivity index (χ0) is 20.5. The molecule has 2 bridgehead atoms. The van der Waals surface area contributed by atoms with E-state index in [0.717, 1.165) is 42.9 Å². The first-order valence-corrected chi connectivity index (χ1v) is 11.6. The number of carbonyl (C=O) groups is 1. The van der Waals surface area contributed by atoms with Crippen molar-refractivity contribution in [3.05, 3.63) is 58.0 Å². The Hall–Kier alpha value is -2.05. The molecule has 6 heteroatoms. The molecule has 1 aromatic heterocycles. The number of carbonyl (C=O) groups excluding carboxylic acids is 1. The van der Waals surface area contributed by atoms with Gasteiger partial charge in [0.25, 0.3) is 5.56 Å². The summed E-state index contributed by atoms with van der Waals surface area (Å²) in [4.78, 5) is 30.0. The maximum absolute atomic E-state index is 13.5. The van der Waals surface area contributed by atoms with Gasteiger partial charge in [-0.25, -0.2) is 0 Å². The van der Waals surface area contributed by atoms with E-state index < -0.39 is 0 Å². The molecule has 0 radical (unpaired) electrons. The third-order valence-corrected chi connectivity index (χ3v) is 6.55. The van der Waals surface area contributed by atoms with Crippen LogP contribution in [0.1, 0.15) is 23.6 Å². The number of rotatable bonds is 5. The largest absolute Gasteiger partial charge is 0.341 e. The number of likely N-dealkylation sites (tertiary alicyclic amines) is 1. The number of hydrogen-bond acceptors (Lipinski definition) is 4. The van der Waals surface area contributed by atoms with Crippen LogP contribution in [0, 0.1) is 5.92 Å². The Bertz CT molecular complexity index is 969. The number of hydrogen-bond donors (Lipinski definition) is 0. The van der Waals surface area contributed by atoms with Crippen LogP contribution in [0.5, 0.6) is 0 Å². The smallest absolute Gasteiger partial charge is 0.258 e. The van der Waals surface area contributed by atoms with Gasteiger partial charge in [0.2, 0.25) is 5.91 Å². The number of benzene rings is 1. The van der Waals surface area contributed by atoms with E-state index in [1.807, 2.05) is 48.0 Å². The first-order valence-electron chi connectivity index (χ1n) is 10.2. The van der Waals surface area contributed by atoms with E-state index in [1.165, 1.54) is 5.56 Å². The topological polar surface area (TPSA) is 45.6 Å². The summed E-state index contributed by atoms with van der Waals surface area (Å²) in [6.07, 6.45) is 3.03. The van der Waals surface area contributed by atoms with E-state index in [9.17, 15) is 9.59 Å². The lowest BCUT2D eigenvalue weighted by Crippen LogP contribution is -2.49. The molecule has 2 aromatic rings. The second-order valence-corrected chi connectivity index (χ2v) is 9.38. The normalized spacial score (nSPS) is 20.6. The van der Waals surface area contributed by atoms with E-state index in [-0.39, 0.29) is 17.4 Å². The molecule has 1 aromatic carbocycles. The van der Waals surface area contributed by atoms with Gasteiger partial charge < -0.3 is 14.4 Å². The van der Waals surface area contributed by atoms with Gasteiger partial charge in [0.1, 0.15) is 0 Å². The third kappa shape index (κ3) is 4.01. The van der Waals surface area contributed by atoms with Crippen molar-refractivity contribution < 1.29 is 4.79 Å². The van der Waals surface area contributed by atoms with Gasteiger partial charge in [-0.05, 0) is 55.9 Å². The molecule has 0 aliphatic carbocycles. The van der Waals surface area contributed by atoms with Crippen LogP contribution >= 0.6 is 11.8 Å². The summed E-state index contributed by atoms with van der Waals surface area (Å²) >= 11 is 1.57. The predicted octanol–water partition coefficient (Wildman–Crippen LogP) is 2.89. The second kappa shape index (κ2) is 8.36. The number of aromatic nitrogens is 1. The summed E-state index contributed by atoms with van der Waals surface area (Å²) < 4.78 is 1.98. The van der Waals surface area contributed by atoms with Gasteiger partial charge in [-0.2, -0.15) is 11.8 Å². The summed E-state index contributed by atoms with van der Waals surface area (Å²) in [5.41, 5.74) is 4.16. The minimum atomic E-state index is 0.104. The predicted molar refractivity (Wildman–Crippen MR) is 119 cm³/mol. The van der Waals surface area contributed by atoms with Crippen molar-refractivity contribution in [2.75, 3.05) is 39.2 Å². The fourth-order valence-electron chi connectivity index (χ4n) is 4.83. The van der Waals surface area contributed by atoms with Crippen molar-refractivity contribution in [3.8, 4) is 11.1 Å². The van der Waals surface area contributed by atoms with Crippen molar-refractivity contribution >= 4 is 17.7 Å². The van der Waals surface area contributed by atoms with Gasteiger partial charge in [-0.3, -0.25) is 9.59 Å². The van der Waals surface area contributed by atoms with Crippen LogP contribution in [-0.2, 0) is 17.9 Å². The Labute approximate surface area is 176 Å². The number of pyridine rings is 1. The van der Waals surface area contributed by atoms with Crippen LogP contribution in [0.25, 0.3) is 11.1 Å². The lowest BCUT2D eigenvalue weighted by Gasteiger charge is -2.43. The third-order valence-electron chi connectivity index (χ3n) is 6.02. The van der Waals surface area contributed by atoms with Gasteiger partial charge in [0.15, 0.2) is 0 Å². The summed E-state index contributed by atoms with van der Waals surface area (Å²) in [7, 11) is 4.09. The quantitative estimate of drug-likeness (QED) is 0.759. The highest BCUT2D eigenvalue weighted by atomic mass is 32.2. The van der Waals surface area contributed by atoms with Crippen LogP contribution in [0.2, 0.25) is 0 Å². The molecule has 29 heavy (non-hydrogen) atoms. The average molecular weight is 412 g/mol. The van der Waals surface area contributed by atoms with Gasteiger partial charge in [-0.1, -0.05) is 24.3 Å². The summed E-state index contributed by atoms with van der Waals surface area (Å²) in [6.45, 7) is 3.00. The Balaban J connectivity index is 1.69. The zero-order valence-electron chi connectivity index (χ0n) is 17.4. The van der Waals surface area contributed by atoms with Crippen molar-refractivity contribution in [2.45, 2.75) is 25.4 Å². The molecule has 0 spiro atoms. The minimum Gasteiger partial charge on any atom is -0.341 e. The second-order valence-electron chi connectivity index (χ2n) is 8.51. The number of thioether (sulfide) groups is 1. The zero-order valence-corrected chi connectivity index (χ0v) is 18.2. The number of nitrogens with zero attached hydrogens (tertiary/aromatic N) is 3. The summed E-state index contributed by atoms with van der Waals surface area (Å²) in [5.74, 6) is 1.37. The number of fused-ring (bicyclic) bond motifs is 4. The first kappa shape index (κ1) is 20.2. The van der Waals surface area contributed by atoms with Crippen molar-refractivity contribution in [1.29, 1.82) is 0 Å². The SMILES string of the molecule is CSCC(=O)N1C[C@H]2C[C@H](C1)c1ccc(-c3ccccc3CN(C)C)c(=O)n1C2. The van der Waals surface area contributed by atoms with Gasteiger partial charge >= 0.3 is 0 Å². The first-order chi connectivity index (χ1) is 14.0. The molecular weight excluding hydrogens is 382 g/mol. The number of piperidine rings is 1. The standard InChI is InChI=1S/C23H29N3O2S/c1-24(2)13-17-6-4-5-7-19(17)20-8-9-21-18-10-16(12-26(21)23(20)28)11-25(14-18)22(27)15-29-3/h4-9,16,18H,10-15H2,1-3H3/t16-,18-/m1/s1. The highest BCUT2D eigenvalue weighted by Gasteiger charge is 2.36. The minimum absolute atomic E-state index is 0.104. The van der Waals surface area contributed by atoms with E-state index in [4.69, 9.17) is 0 Å². The van der Waals surface area contributed by atoms with E-state index in [1.54, 1.807) is 11.8 Å². The molecule has 3 heterocycles. The van der Waals surface area contributed by atoms with Crippen LogP contribution in [0.15, 0.2) is 41.2 Å². The fourth-order valence-corrected chi connectivity index (χ4v) is 5.26. The maximum Gasteiger partial charge on any atom is 0.258 e. The Morgan fingerprint density at radius 3 is 2.66 bits per heavy atom. The van der Waals surface area contributed by atoms with Gasteiger partial charge in [-0.15, -0.1) is 0 Å². The molecule has 1 fully saturated rings. The Morgan fingerprint density at radius 2 is 1.90 bits per heavy atom. The van der Waals surface area contributed by atoms with E-state index >= 15 is 0 Å². The average Bonchev–Trinajstić information content (AvgIpc) is 2.69. The van der Waals surface area contributed by atoms with Crippen molar-refractivity contribution in [2.24, 2.45) is 5.92 Å². The molecule has 5 nitrogen and oxygen atoms in total. The molecule has 2 atom stereocenters. The molecule has 0 N–H and O–H groups in total. The Morgan fingerprint density at radius 1 is 1.10 bits per heavy atom. The molecule has 4 rings (SSSR count). The maximum atomic E-state index is 13.5. The van der Waals surface area contributed by atoms with Gasteiger partial charge in [0, 0.05) is 43.4 Å². The summed E-state index contributed by atoms with van der Waals surface area (Å²) in [5, 5.41) is 0. The summed E-state index contributed by atoms with van der Waals surface area (Å²) in [6, 6.07) is 12.3. The molecular formula is C23H29N3O2S. The molecule has 2 aliphatic heterocycles. The fraction of sp³-hybridized carbons (Fsp3) is 0.478. The molecule has 154 valence electrons. The van der Waals surface area contributed by atoms with Crippen LogP contribution in [0.4, 0.5) is 0 Å². The molecule has 1 amide bonds. The van der Waals surface area contributed by atoms with E-state index in [0.29, 0.717) is 18.2 Å². The van der Waals surface area contributed by atoms with Crippen LogP contribution < -0.4 is 5.56 Å². The van der Waals surface area contributed by atoms with Crippen molar-refractivity contribution in [3.63, 3.8) is 0 Å². The molecule has 0 unspecified atom stereocenters. The van der Waals surface area contributed by atoms with Gasteiger partial charge in [0.05, 0.1) is 5.75 Å². The van der Waals surface area contributed by atoms with Crippen LogP contribution in [-0.4, -0.2) is 59.5 Å². The highest BCUT2D eigenvalue weighted by Crippen LogP contribution is 2.36. The number of amides is 1.